The van der Waals surface area contributed by atoms with Crippen molar-refractivity contribution in [2.24, 2.45) is 0 Å². The van der Waals surface area contributed by atoms with Crippen LogP contribution >= 0.6 is 15.9 Å². The minimum atomic E-state index is 0.358. The van der Waals surface area contributed by atoms with Crippen molar-refractivity contribution in [3.8, 4) is 6.07 Å². The van der Waals surface area contributed by atoms with Gasteiger partial charge in [0.05, 0.1) is 12.4 Å². The van der Waals surface area contributed by atoms with Crippen molar-refractivity contribution in [2.75, 3.05) is 31.1 Å². The van der Waals surface area contributed by atoms with Crippen molar-refractivity contribution >= 4 is 21.7 Å². The second-order valence-electron chi connectivity index (χ2n) is 5.62. The van der Waals surface area contributed by atoms with Crippen LogP contribution in [0.2, 0.25) is 0 Å². The summed E-state index contributed by atoms with van der Waals surface area (Å²) < 4.78 is 1.11. The highest BCUT2D eigenvalue weighted by molar-refractivity contribution is 9.10. The predicted octanol–water partition coefficient (Wildman–Crippen LogP) is 2.99. The summed E-state index contributed by atoms with van der Waals surface area (Å²) in [5, 5.41) is 8.78. The molecule has 1 fully saturated rings. The van der Waals surface area contributed by atoms with Crippen molar-refractivity contribution in [1.82, 2.24) is 14.9 Å². The Balaban J connectivity index is 1.61. The number of halogens is 1. The molecule has 0 bridgehead atoms. The Bertz CT molecular complexity index is 684. The van der Waals surface area contributed by atoms with Crippen LogP contribution in [0.25, 0.3) is 0 Å². The molecule has 1 aromatic carbocycles. The fourth-order valence-electron chi connectivity index (χ4n) is 2.83. The van der Waals surface area contributed by atoms with E-state index in [0.717, 1.165) is 36.5 Å². The van der Waals surface area contributed by atoms with Gasteiger partial charge in [-0.2, -0.15) is 5.26 Å². The van der Waals surface area contributed by atoms with E-state index in [2.05, 4.69) is 66.9 Å². The Kier molecular flexibility index (Phi) is 4.89. The Hall–Kier alpha value is -1.97. The molecule has 0 amide bonds. The molecule has 5 nitrogen and oxygen atoms in total. The van der Waals surface area contributed by atoms with E-state index in [-0.39, 0.29) is 0 Å². The number of hydrogen-bond donors (Lipinski definition) is 0. The lowest BCUT2D eigenvalue weighted by Crippen LogP contribution is -2.47. The van der Waals surface area contributed by atoms with Gasteiger partial charge in [-0.1, -0.05) is 28.1 Å². The monoisotopic (exact) mass is 371 g/mol. The molecule has 2 aromatic rings. The minimum absolute atomic E-state index is 0.358. The van der Waals surface area contributed by atoms with Gasteiger partial charge in [0.1, 0.15) is 11.9 Å². The molecule has 6 heteroatoms. The van der Waals surface area contributed by atoms with Gasteiger partial charge < -0.3 is 4.90 Å². The fourth-order valence-corrected chi connectivity index (χ4v) is 3.10. The summed E-state index contributed by atoms with van der Waals surface area (Å²) in [7, 11) is 0. The molecule has 0 aliphatic carbocycles. The molecule has 2 heterocycles. The molecule has 0 radical (unpaired) electrons. The summed E-state index contributed by atoms with van der Waals surface area (Å²) >= 11 is 3.48. The van der Waals surface area contributed by atoms with Gasteiger partial charge in [-0.25, -0.2) is 9.97 Å². The van der Waals surface area contributed by atoms with E-state index in [9.17, 15) is 0 Å². The smallest absolute Gasteiger partial charge is 0.158 e. The summed E-state index contributed by atoms with van der Waals surface area (Å²) in [6.07, 6.45) is 3.22. The van der Waals surface area contributed by atoms with Crippen molar-refractivity contribution in [1.29, 1.82) is 5.26 Å². The van der Waals surface area contributed by atoms with Crippen molar-refractivity contribution in [3.63, 3.8) is 0 Å². The minimum Gasteiger partial charge on any atom is -0.353 e. The molecule has 1 atom stereocenters. The standard InChI is InChI=1S/C17H18BrN5/c1-13(14-2-4-15(18)5-3-14)22-6-8-23(9-7-22)17-12-20-16(10-19)11-21-17/h2-5,11-13H,6-9H2,1H3. The number of aromatic nitrogens is 2. The topological polar surface area (TPSA) is 56.0 Å². The molecule has 23 heavy (non-hydrogen) atoms. The summed E-state index contributed by atoms with van der Waals surface area (Å²) in [6, 6.07) is 10.9. The average molecular weight is 372 g/mol. The van der Waals surface area contributed by atoms with E-state index < -0.39 is 0 Å². The summed E-state index contributed by atoms with van der Waals surface area (Å²) in [5.74, 6) is 0.847. The van der Waals surface area contributed by atoms with Gasteiger partial charge in [0.2, 0.25) is 0 Å². The molecular formula is C17H18BrN5. The van der Waals surface area contributed by atoms with E-state index in [4.69, 9.17) is 5.26 Å². The lowest BCUT2D eigenvalue weighted by atomic mass is 10.1. The number of piperazine rings is 1. The zero-order valence-electron chi connectivity index (χ0n) is 13.0. The number of anilines is 1. The first-order valence-corrected chi connectivity index (χ1v) is 8.43. The molecule has 1 aliphatic rings. The SMILES string of the molecule is CC(c1ccc(Br)cc1)N1CCN(c2cnc(C#N)cn2)CC1. The maximum Gasteiger partial charge on any atom is 0.158 e. The molecule has 1 aliphatic heterocycles. The zero-order valence-corrected chi connectivity index (χ0v) is 14.6. The lowest BCUT2D eigenvalue weighted by molar-refractivity contribution is 0.198. The third kappa shape index (κ3) is 3.69. The molecular weight excluding hydrogens is 354 g/mol. The molecule has 0 spiro atoms. The highest BCUT2D eigenvalue weighted by Crippen LogP contribution is 2.24. The Labute approximate surface area is 144 Å². The van der Waals surface area contributed by atoms with E-state index >= 15 is 0 Å². The quantitative estimate of drug-likeness (QED) is 0.829. The number of nitrogens with zero attached hydrogens (tertiary/aromatic N) is 5. The third-order valence-electron chi connectivity index (χ3n) is 4.29. The Morgan fingerprint density at radius 1 is 1.09 bits per heavy atom. The lowest BCUT2D eigenvalue weighted by Gasteiger charge is -2.38. The summed E-state index contributed by atoms with van der Waals surface area (Å²) in [5.41, 5.74) is 1.69. The average Bonchev–Trinajstić information content (AvgIpc) is 2.62. The van der Waals surface area contributed by atoms with Gasteiger partial charge in [0, 0.05) is 36.7 Å². The number of hydrogen-bond acceptors (Lipinski definition) is 5. The molecule has 118 valence electrons. The van der Waals surface area contributed by atoms with Gasteiger partial charge >= 0.3 is 0 Å². The number of rotatable bonds is 3. The van der Waals surface area contributed by atoms with Crippen LogP contribution < -0.4 is 4.90 Å². The maximum atomic E-state index is 8.78. The molecule has 1 unspecified atom stereocenters. The van der Waals surface area contributed by atoms with Gasteiger partial charge in [-0.05, 0) is 24.6 Å². The van der Waals surface area contributed by atoms with Crippen molar-refractivity contribution < 1.29 is 0 Å². The third-order valence-corrected chi connectivity index (χ3v) is 4.82. The first-order valence-electron chi connectivity index (χ1n) is 7.64. The van der Waals surface area contributed by atoms with Gasteiger partial charge in [0.25, 0.3) is 0 Å². The predicted molar refractivity (Wildman–Crippen MR) is 93.1 cm³/mol. The van der Waals surface area contributed by atoms with Crippen molar-refractivity contribution in [3.05, 3.63) is 52.4 Å². The van der Waals surface area contributed by atoms with E-state index in [1.165, 1.54) is 11.8 Å². The largest absolute Gasteiger partial charge is 0.353 e. The van der Waals surface area contributed by atoms with Crippen LogP contribution in [0.5, 0.6) is 0 Å². The molecule has 1 aromatic heterocycles. The van der Waals surface area contributed by atoms with Crippen molar-refractivity contribution in [2.45, 2.75) is 13.0 Å². The Morgan fingerprint density at radius 3 is 2.35 bits per heavy atom. The van der Waals surface area contributed by atoms with Gasteiger partial charge in [0.15, 0.2) is 5.69 Å². The highest BCUT2D eigenvalue weighted by atomic mass is 79.9. The number of nitriles is 1. The van der Waals surface area contributed by atoms with Crippen LogP contribution in [0, 0.1) is 11.3 Å². The van der Waals surface area contributed by atoms with E-state index in [0.29, 0.717) is 11.7 Å². The molecule has 3 rings (SSSR count). The van der Waals surface area contributed by atoms with Crippen LogP contribution in [0.15, 0.2) is 41.1 Å². The first-order chi connectivity index (χ1) is 11.2. The zero-order chi connectivity index (χ0) is 16.2. The second kappa shape index (κ2) is 7.07. The molecule has 0 saturated carbocycles. The van der Waals surface area contributed by atoms with Gasteiger partial charge in [-0.3, -0.25) is 4.90 Å². The van der Waals surface area contributed by atoms with E-state index in [1.807, 2.05) is 6.07 Å². The Morgan fingerprint density at radius 2 is 1.78 bits per heavy atom. The first kappa shape index (κ1) is 15.9. The van der Waals surface area contributed by atoms with Gasteiger partial charge in [-0.15, -0.1) is 0 Å². The van der Waals surface area contributed by atoms with Crippen LogP contribution in [0.4, 0.5) is 5.82 Å². The summed E-state index contributed by atoms with van der Waals surface area (Å²) in [4.78, 5) is 13.1. The second-order valence-corrected chi connectivity index (χ2v) is 6.54. The summed E-state index contributed by atoms with van der Waals surface area (Å²) in [6.45, 7) is 6.06. The van der Waals surface area contributed by atoms with E-state index in [1.54, 1.807) is 6.20 Å². The van der Waals surface area contributed by atoms with Crippen LogP contribution in [-0.2, 0) is 0 Å². The highest BCUT2D eigenvalue weighted by Gasteiger charge is 2.22. The van der Waals surface area contributed by atoms with Crippen LogP contribution in [-0.4, -0.2) is 41.0 Å². The maximum absolute atomic E-state index is 8.78. The van der Waals surface area contributed by atoms with Crippen LogP contribution in [0.1, 0.15) is 24.2 Å². The number of benzene rings is 1. The normalized spacial score (nSPS) is 16.8. The molecule has 0 N–H and O–H groups in total. The fraction of sp³-hybridized carbons (Fsp3) is 0.353. The van der Waals surface area contributed by atoms with Crippen LogP contribution in [0.3, 0.4) is 0 Å². The molecule has 1 saturated heterocycles.